The molecule has 0 radical (unpaired) electrons. The Bertz CT molecular complexity index is 126. The summed E-state index contributed by atoms with van der Waals surface area (Å²) in [6.07, 6.45) is 4.84. The molecule has 0 aromatic heterocycles. The van der Waals surface area contributed by atoms with Crippen molar-refractivity contribution in [2.24, 2.45) is 5.11 Å². The van der Waals surface area contributed by atoms with Gasteiger partial charge in [-0.1, -0.05) is 11.0 Å². The Kier molecular flexibility index (Phi) is 2.58. The zero-order chi connectivity index (χ0) is 5.70. The first-order valence-corrected chi connectivity index (χ1v) is 1.81. The molecule has 7 heavy (non-hydrogen) atoms. The molecule has 3 heteroatoms. The van der Waals surface area contributed by atoms with Gasteiger partial charge in [-0.15, -0.1) is 6.42 Å². The van der Waals surface area contributed by atoms with Crippen molar-refractivity contribution in [2.45, 2.75) is 13.0 Å². The fraction of sp³-hybridized carbons (Fsp3) is 0.500. The van der Waals surface area contributed by atoms with E-state index in [-0.39, 0.29) is 6.04 Å². The van der Waals surface area contributed by atoms with E-state index in [1.807, 2.05) is 0 Å². The molecule has 0 rings (SSSR count). The first kappa shape index (κ1) is 5.87. The van der Waals surface area contributed by atoms with Crippen LogP contribution in [0.3, 0.4) is 0 Å². The van der Waals surface area contributed by atoms with Crippen molar-refractivity contribution >= 4 is 0 Å². The van der Waals surface area contributed by atoms with Crippen LogP contribution in [0.1, 0.15) is 6.92 Å². The third kappa shape index (κ3) is 2.68. The predicted octanol–water partition coefficient (Wildman–Crippen LogP) is 1.32. The molecule has 0 aliphatic heterocycles. The second-order valence-corrected chi connectivity index (χ2v) is 1.05. The van der Waals surface area contributed by atoms with E-state index in [9.17, 15) is 0 Å². The molecule has 0 aliphatic carbocycles. The van der Waals surface area contributed by atoms with Gasteiger partial charge in [-0.05, 0) is 12.5 Å². The lowest BCUT2D eigenvalue weighted by Crippen LogP contribution is -1.86. The highest BCUT2D eigenvalue weighted by atomic mass is 15.1. The van der Waals surface area contributed by atoms with Crippen LogP contribution in [0.5, 0.6) is 0 Å². The zero-order valence-corrected chi connectivity index (χ0v) is 4.00. The average Bonchev–Trinajstić information content (AvgIpc) is 1.68. The number of terminal acetylenes is 1. The Labute approximate surface area is 42.0 Å². The molecule has 0 amide bonds. The summed E-state index contributed by atoms with van der Waals surface area (Å²) in [6.45, 7) is 1.65. The maximum absolute atomic E-state index is 7.73. The van der Waals surface area contributed by atoms with Crippen molar-refractivity contribution in [3.05, 3.63) is 10.4 Å². The summed E-state index contributed by atoms with van der Waals surface area (Å²) >= 11 is 0. The molecule has 36 valence electrons. The quantitative estimate of drug-likeness (QED) is 0.204. The molecule has 3 nitrogen and oxygen atoms in total. The molecule has 0 spiro atoms. The first-order chi connectivity index (χ1) is 3.31. The molecule has 0 aliphatic rings. The topological polar surface area (TPSA) is 48.8 Å². The van der Waals surface area contributed by atoms with Gasteiger partial charge < -0.3 is 0 Å². The van der Waals surface area contributed by atoms with Crippen molar-refractivity contribution < 1.29 is 0 Å². The minimum Gasteiger partial charge on any atom is -0.120 e. The van der Waals surface area contributed by atoms with Crippen molar-refractivity contribution in [1.29, 1.82) is 0 Å². The second-order valence-electron chi connectivity index (χ2n) is 1.05. The standard InChI is InChI=1S/C4H5N3/c1-3-4(2)6-7-5/h1,4H,2H3/t4-/m0/s1. The summed E-state index contributed by atoms with van der Waals surface area (Å²) in [4.78, 5) is 2.49. The fourth-order valence-electron chi connectivity index (χ4n) is 0.111. The SMILES string of the molecule is C#C[C@H](C)N=[N+]=[N-]. The molecular weight excluding hydrogens is 90.1 g/mol. The van der Waals surface area contributed by atoms with Crippen LogP contribution in [0.4, 0.5) is 0 Å². The largest absolute Gasteiger partial charge is 0.120 e. The van der Waals surface area contributed by atoms with Crippen LogP contribution in [-0.2, 0) is 0 Å². The lowest BCUT2D eigenvalue weighted by Gasteiger charge is -1.82. The molecule has 0 unspecified atom stereocenters. The van der Waals surface area contributed by atoms with Gasteiger partial charge in [0.2, 0.25) is 0 Å². The predicted molar refractivity (Wildman–Crippen MR) is 27.4 cm³/mol. The number of azide groups is 1. The Morgan fingerprint density at radius 3 is 2.71 bits per heavy atom. The summed E-state index contributed by atoms with van der Waals surface area (Å²) < 4.78 is 0. The van der Waals surface area contributed by atoms with Gasteiger partial charge in [0.15, 0.2) is 0 Å². The van der Waals surface area contributed by atoms with Gasteiger partial charge in [0, 0.05) is 4.91 Å². The summed E-state index contributed by atoms with van der Waals surface area (Å²) in [6, 6.07) is -0.315. The smallest absolute Gasteiger partial charge is 0.0957 e. The van der Waals surface area contributed by atoms with Gasteiger partial charge in [0.05, 0.1) is 6.04 Å². The van der Waals surface area contributed by atoms with Crippen LogP contribution >= 0.6 is 0 Å². The molecule has 0 aromatic carbocycles. The molecule has 0 bridgehead atoms. The average molecular weight is 95.1 g/mol. The van der Waals surface area contributed by atoms with Crippen LogP contribution in [0, 0.1) is 12.3 Å². The lowest BCUT2D eigenvalue weighted by atomic mass is 10.4. The molecule has 1 atom stereocenters. The van der Waals surface area contributed by atoms with Crippen LogP contribution in [0.15, 0.2) is 5.11 Å². The van der Waals surface area contributed by atoms with E-state index < -0.39 is 0 Å². The summed E-state index contributed by atoms with van der Waals surface area (Å²) in [7, 11) is 0. The van der Waals surface area contributed by atoms with E-state index >= 15 is 0 Å². The highest BCUT2D eigenvalue weighted by Gasteiger charge is 1.83. The number of rotatable bonds is 1. The molecular formula is C4H5N3. The van der Waals surface area contributed by atoms with Crippen LogP contribution < -0.4 is 0 Å². The van der Waals surface area contributed by atoms with Gasteiger partial charge in [-0.25, -0.2) is 0 Å². The van der Waals surface area contributed by atoms with Gasteiger partial charge in [0.1, 0.15) is 0 Å². The third-order valence-corrected chi connectivity index (χ3v) is 0.466. The maximum Gasteiger partial charge on any atom is 0.0957 e. The molecule has 0 fully saturated rings. The number of hydrogen-bond acceptors (Lipinski definition) is 1. The maximum atomic E-state index is 7.73. The van der Waals surface area contributed by atoms with Crippen LogP contribution in [0.2, 0.25) is 0 Å². The molecule has 0 saturated carbocycles. The monoisotopic (exact) mass is 95.0 g/mol. The summed E-state index contributed by atoms with van der Waals surface area (Å²) in [5, 5.41) is 3.19. The summed E-state index contributed by atoms with van der Waals surface area (Å²) in [5.74, 6) is 2.25. The Morgan fingerprint density at radius 2 is 2.57 bits per heavy atom. The zero-order valence-electron chi connectivity index (χ0n) is 4.00. The minimum atomic E-state index is -0.315. The van der Waals surface area contributed by atoms with Crippen molar-refractivity contribution in [3.63, 3.8) is 0 Å². The second kappa shape index (κ2) is 3.08. The third-order valence-electron chi connectivity index (χ3n) is 0.466. The minimum absolute atomic E-state index is 0.315. The van der Waals surface area contributed by atoms with Crippen molar-refractivity contribution in [1.82, 2.24) is 0 Å². The molecule has 0 aromatic rings. The van der Waals surface area contributed by atoms with E-state index in [0.29, 0.717) is 0 Å². The Morgan fingerprint density at radius 1 is 2.00 bits per heavy atom. The van der Waals surface area contributed by atoms with Gasteiger partial charge in [0.25, 0.3) is 0 Å². The van der Waals surface area contributed by atoms with Gasteiger partial charge >= 0.3 is 0 Å². The lowest BCUT2D eigenvalue weighted by molar-refractivity contribution is 0.944. The van der Waals surface area contributed by atoms with Crippen molar-refractivity contribution in [3.8, 4) is 12.3 Å². The molecule has 0 heterocycles. The highest BCUT2D eigenvalue weighted by Crippen LogP contribution is 1.82. The number of hydrogen-bond donors (Lipinski definition) is 0. The van der Waals surface area contributed by atoms with Gasteiger partial charge in [-0.2, -0.15) is 0 Å². The van der Waals surface area contributed by atoms with Crippen LogP contribution in [0.25, 0.3) is 10.4 Å². The Hall–Kier alpha value is -1.13. The highest BCUT2D eigenvalue weighted by molar-refractivity contribution is 4.95. The van der Waals surface area contributed by atoms with Crippen molar-refractivity contribution in [2.75, 3.05) is 0 Å². The van der Waals surface area contributed by atoms with E-state index in [1.165, 1.54) is 0 Å². The molecule has 0 N–H and O–H groups in total. The summed E-state index contributed by atoms with van der Waals surface area (Å²) in [5.41, 5.74) is 7.73. The van der Waals surface area contributed by atoms with Gasteiger partial charge in [-0.3, -0.25) is 0 Å². The van der Waals surface area contributed by atoms with E-state index in [1.54, 1.807) is 6.92 Å². The molecule has 0 saturated heterocycles. The number of nitrogens with zero attached hydrogens (tertiary/aromatic N) is 3. The Balaban J connectivity index is 3.64. The van der Waals surface area contributed by atoms with E-state index in [2.05, 4.69) is 15.9 Å². The van der Waals surface area contributed by atoms with Crippen LogP contribution in [-0.4, -0.2) is 6.04 Å². The van der Waals surface area contributed by atoms with E-state index in [4.69, 9.17) is 12.0 Å². The van der Waals surface area contributed by atoms with E-state index in [0.717, 1.165) is 0 Å². The fourth-order valence-corrected chi connectivity index (χ4v) is 0.111. The first-order valence-electron chi connectivity index (χ1n) is 1.81. The normalized spacial score (nSPS) is 10.9.